The van der Waals surface area contributed by atoms with Gasteiger partial charge in [0.2, 0.25) is 10.0 Å². The number of carbonyl (C=O) groups is 2. The Morgan fingerprint density at radius 3 is 2.15 bits per heavy atom. The lowest BCUT2D eigenvalue weighted by Gasteiger charge is -2.17. The van der Waals surface area contributed by atoms with Gasteiger partial charge in [-0.1, -0.05) is 17.7 Å². The number of esters is 1. The number of aryl methyl sites for hydroxylation is 1. The first kappa shape index (κ1) is 20.6. The monoisotopic (exact) mass is 391 g/mol. The van der Waals surface area contributed by atoms with Gasteiger partial charge >= 0.3 is 5.97 Å². The van der Waals surface area contributed by atoms with Crippen molar-refractivity contribution >= 4 is 21.8 Å². The second-order valence-corrected chi connectivity index (χ2v) is 7.43. The van der Waals surface area contributed by atoms with Crippen LogP contribution in [0.4, 0.5) is 0 Å². The van der Waals surface area contributed by atoms with Gasteiger partial charge in [-0.15, -0.1) is 0 Å². The van der Waals surface area contributed by atoms with E-state index in [9.17, 15) is 18.0 Å². The third-order valence-corrected chi connectivity index (χ3v) is 5.20. The molecule has 27 heavy (non-hydrogen) atoms. The van der Waals surface area contributed by atoms with Crippen LogP contribution >= 0.6 is 0 Å². The summed E-state index contributed by atoms with van der Waals surface area (Å²) in [6, 6.07) is 10.4. The minimum Gasteiger partial charge on any atom is -0.497 e. The minimum atomic E-state index is -4.10. The third-order valence-electron chi connectivity index (χ3n) is 3.76. The Labute approximate surface area is 158 Å². The van der Waals surface area contributed by atoms with E-state index in [1.54, 1.807) is 31.2 Å². The summed E-state index contributed by atoms with van der Waals surface area (Å²) in [7, 11) is -2.62. The zero-order valence-electron chi connectivity index (χ0n) is 15.3. The smallest absolute Gasteiger partial charge is 0.332 e. The van der Waals surface area contributed by atoms with Gasteiger partial charge in [0.05, 0.1) is 18.6 Å². The molecule has 0 aromatic heterocycles. The summed E-state index contributed by atoms with van der Waals surface area (Å²) in [5.74, 6) is -1.15. The van der Waals surface area contributed by atoms with Crippen molar-refractivity contribution in [3.8, 4) is 5.75 Å². The average molecular weight is 391 g/mol. The van der Waals surface area contributed by atoms with Gasteiger partial charge in [-0.05, 0) is 50.2 Å². The van der Waals surface area contributed by atoms with E-state index in [1.807, 2.05) is 6.92 Å². The first-order chi connectivity index (χ1) is 12.8. The van der Waals surface area contributed by atoms with E-state index in [2.05, 4.69) is 4.72 Å². The molecule has 1 N–H and O–H groups in total. The van der Waals surface area contributed by atoms with Crippen LogP contribution in [0.15, 0.2) is 53.4 Å². The number of benzene rings is 2. The molecular weight excluding hydrogens is 370 g/mol. The van der Waals surface area contributed by atoms with Crippen molar-refractivity contribution in [2.75, 3.05) is 13.7 Å². The SMILES string of the molecule is CCOC(=O)C(NS(=O)(=O)c1ccc(C)cc1)C(=O)c1ccc(OC)cc1. The van der Waals surface area contributed by atoms with Gasteiger partial charge in [-0.3, -0.25) is 4.79 Å². The molecule has 0 aliphatic rings. The Balaban J connectivity index is 2.34. The molecule has 0 saturated carbocycles. The number of ketones is 1. The highest BCUT2D eigenvalue weighted by Crippen LogP contribution is 2.16. The number of hydrogen-bond acceptors (Lipinski definition) is 6. The Morgan fingerprint density at radius 1 is 1.04 bits per heavy atom. The first-order valence-electron chi connectivity index (χ1n) is 8.22. The molecule has 0 bridgehead atoms. The molecule has 0 saturated heterocycles. The van der Waals surface area contributed by atoms with Crippen molar-refractivity contribution in [1.29, 1.82) is 0 Å². The van der Waals surface area contributed by atoms with Crippen LogP contribution in [0.5, 0.6) is 5.75 Å². The number of sulfonamides is 1. The number of hydrogen-bond donors (Lipinski definition) is 1. The Kier molecular flexibility index (Phi) is 6.70. The van der Waals surface area contributed by atoms with E-state index in [-0.39, 0.29) is 17.1 Å². The molecule has 0 heterocycles. The van der Waals surface area contributed by atoms with E-state index in [0.717, 1.165) is 5.56 Å². The molecule has 0 spiro atoms. The fourth-order valence-electron chi connectivity index (χ4n) is 2.30. The average Bonchev–Trinajstić information content (AvgIpc) is 2.66. The normalized spacial score (nSPS) is 12.3. The zero-order chi connectivity index (χ0) is 20.0. The van der Waals surface area contributed by atoms with Gasteiger partial charge < -0.3 is 9.47 Å². The summed E-state index contributed by atoms with van der Waals surface area (Å²) in [5, 5.41) is 0. The van der Waals surface area contributed by atoms with Gasteiger partial charge in [-0.2, -0.15) is 4.72 Å². The van der Waals surface area contributed by atoms with Crippen LogP contribution in [0.3, 0.4) is 0 Å². The lowest BCUT2D eigenvalue weighted by molar-refractivity contribution is -0.143. The molecule has 0 fully saturated rings. The van der Waals surface area contributed by atoms with Crippen molar-refractivity contribution in [3.63, 3.8) is 0 Å². The molecule has 0 aliphatic carbocycles. The summed E-state index contributed by atoms with van der Waals surface area (Å²) in [4.78, 5) is 25.0. The predicted molar refractivity (Wildman–Crippen MR) is 99.2 cm³/mol. The lowest BCUT2D eigenvalue weighted by Crippen LogP contribution is -2.47. The van der Waals surface area contributed by atoms with Crippen molar-refractivity contribution in [2.45, 2.75) is 24.8 Å². The van der Waals surface area contributed by atoms with Crippen LogP contribution in [0.2, 0.25) is 0 Å². The summed E-state index contributed by atoms with van der Waals surface area (Å²) >= 11 is 0. The Morgan fingerprint density at radius 2 is 1.63 bits per heavy atom. The third kappa shape index (κ3) is 5.15. The maximum absolute atomic E-state index is 12.8. The topological polar surface area (TPSA) is 98.8 Å². The van der Waals surface area contributed by atoms with E-state index in [0.29, 0.717) is 5.75 Å². The molecule has 144 valence electrons. The molecule has 1 atom stereocenters. The molecule has 0 aliphatic heterocycles. The standard InChI is InChI=1S/C19H21NO6S/c1-4-26-19(22)17(18(21)14-7-9-15(25-3)10-8-14)20-27(23,24)16-11-5-13(2)6-12-16/h5-12,17,20H,4H2,1-3H3. The zero-order valence-corrected chi connectivity index (χ0v) is 16.1. The fraction of sp³-hybridized carbons (Fsp3) is 0.263. The number of methoxy groups -OCH3 is 1. The van der Waals surface area contributed by atoms with Crippen molar-refractivity contribution < 1.29 is 27.5 Å². The highest BCUT2D eigenvalue weighted by molar-refractivity contribution is 7.89. The largest absolute Gasteiger partial charge is 0.497 e. The molecule has 2 rings (SSSR count). The van der Waals surface area contributed by atoms with E-state index < -0.39 is 27.8 Å². The number of rotatable bonds is 8. The molecule has 0 amide bonds. The van der Waals surface area contributed by atoms with Gasteiger partial charge in [0.1, 0.15) is 5.75 Å². The summed E-state index contributed by atoms with van der Waals surface area (Å²) in [5.41, 5.74) is 1.03. The van der Waals surface area contributed by atoms with Crippen LogP contribution < -0.4 is 9.46 Å². The van der Waals surface area contributed by atoms with Crippen molar-refractivity contribution in [1.82, 2.24) is 4.72 Å². The van der Waals surface area contributed by atoms with Gasteiger partial charge in [-0.25, -0.2) is 13.2 Å². The van der Waals surface area contributed by atoms with Crippen LogP contribution in [0.25, 0.3) is 0 Å². The van der Waals surface area contributed by atoms with Crippen LogP contribution in [-0.4, -0.2) is 39.9 Å². The molecule has 2 aromatic rings. The molecule has 8 heteroatoms. The van der Waals surface area contributed by atoms with E-state index in [4.69, 9.17) is 9.47 Å². The van der Waals surface area contributed by atoms with E-state index >= 15 is 0 Å². The maximum Gasteiger partial charge on any atom is 0.332 e. The quantitative estimate of drug-likeness (QED) is 0.420. The minimum absolute atomic E-state index is 0.0114. The van der Waals surface area contributed by atoms with Crippen LogP contribution in [0, 0.1) is 6.92 Å². The number of nitrogens with one attached hydrogen (secondary N) is 1. The molecule has 0 radical (unpaired) electrons. The van der Waals surface area contributed by atoms with Gasteiger partial charge in [0.25, 0.3) is 0 Å². The Bertz CT molecular complexity index is 904. The van der Waals surface area contributed by atoms with Crippen molar-refractivity contribution in [3.05, 3.63) is 59.7 Å². The highest BCUT2D eigenvalue weighted by Gasteiger charge is 2.33. The Hall–Kier alpha value is -2.71. The fourth-order valence-corrected chi connectivity index (χ4v) is 3.44. The number of ether oxygens (including phenoxy) is 2. The molecule has 7 nitrogen and oxygen atoms in total. The van der Waals surface area contributed by atoms with E-state index in [1.165, 1.54) is 31.4 Å². The number of Topliss-reactive ketones (excluding diaryl/α,β-unsaturated/α-hetero) is 1. The number of carbonyl (C=O) groups excluding carboxylic acids is 2. The lowest BCUT2D eigenvalue weighted by atomic mass is 10.0. The molecule has 1 unspecified atom stereocenters. The molecule has 2 aromatic carbocycles. The second kappa shape index (κ2) is 8.79. The summed E-state index contributed by atoms with van der Waals surface area (Å²) in [6.07, 6.45) is 0. The van der Waals surface area contributed by atoms with Gasteiger partial charge in [0.15, 0.2) is 11.8 Å². The van der Waals surface area contributed by atoms with Crippen LogP contribution in [-0.2, 0) is 19.6 Å². The molecular formula is C19H21NO6S. The first-order valence-corrected chi connectivity index (χ1v) is 9.70. The predicted octanol–water partition coefficient (Wildman–Crippen LogP) is 2.10. The van der Waals surface area contributed by atoms with Crippen molar-refractivity contribution in [2.24, 2.45) is 0 Å². The summed E-state index contributed by atoms with van der Waals surface area (Å²) in [6.45, 7) is 3.40. The van der Waals surface area contributed by atoms with Crippen LogP contribution in [0.1, 0.15) is 22.8 Å². The maximum atomic E-state index is 12.8. The van der Waals surface area contributed by atoms with Gasteiger partial charge in [0, 0.05) is 5.56 Å². The summed E-state index contributed by atoms with van der Waals surface area (Å²) < 4.78 is 37.3. The highest BCUT2D eigenvalue weighted by atomic mass is 32.2. The second-order valence-electron chi connectivity index (χ2n) is 5.71.